The number of carbonyl (C=O) groups is 2. The van der Waals surface area contributed by atoms with Crippen molar-refractivity contribution in [1.29, 1.82) is 0 Å². The van der Waals surface area contributed by atoms with Crippen molar-refractivity contribution in [2.45, 2.75) is 71.2 Å². The van der Waals surface area contributed by atoms with Crippen molar-refractivity contribution in [2.75, 3.05) is 25.5 Å². The zero-order chi connectivity index (χ0) is 45.8. The third-order valence-corrected chi connectivity index (χ3v) is 12.5. The van der Waals surface area contributed by atoms with E-state index in [-0.39, 0.29) is 73.4 Å². The molecule has 0 bridgehead atoms. The van der Waals surface area contributed by atoms with Crippen LogP contribution in [0.2, 0.25) is 0 Å². The van der Waals surface area contributed by atoms with Gasteiger partial charge in [0.15, 0.2) is 11.6 Å². The number of benzene rings is 2. The van der Waals surface area contributed by atoms with Crippen molar-refractivity contribution >= 4 is 29.0 Å². The first-order valence-corrected chi connectivity index (χ1v) is 22.2. The van der Waals surface area contributed by atoms with Gasteiger partial charge in [0, 0.05) is 54.2 Å². The topological polar surface area (TPSA) is 230 Å². The number of phenolic OH excluding ortho intramolecular Hbond substituents is 1. The van der Waals surface area contributed by atoms with Crippen molar-refractivity contribution in [3.63, 3.8) is 0 Å². The number of para-hydroxylation sites is 1. The molecule has 5 atom stereocenters. The van der Waals surface area contributed by atoms with Crippen LogP contribution < -0.4 is 20.5 Å². The highest BCUT2D eigenvalue weighted by atomic mass is 32.1. The van der Waals surface area contributed by atoms with Gasteiger partial charge in [0.25, 0.3) is 5.88 Å². The van der Waals surface area contributed by atoms with Crippen molar-refractivity contribution in [1.82, 2.24) is 45.3 Å². The molecule has 1 saturated heterocycles. The molecule has 1 aliphatic heterocycles. The van der Waals surface area contributed by atoms with Gasteiger partial charge in [-0.2, -0.15) is 5.10 Å². The normalized spacial score (nSPS) is 16.3. The fourth-order valence-electron chi connectivity index (χ4n) is 7.91. The van der Waals surface area contributed by atoms with Crippen LogP contribution in [-0.4, -0.2) is 93.9 Å². The molecule has 2 aromatic carbocycles. The van der Waals surface area contributed by atoms with Gasteiger partial charge in [0.1, 0.15) is 30.9 Å². The number of ether oxygens (including phenoxy) is 2. The molecule has 18 heteroatoms. The lowest BCUT2D eigenvalue weighted by Crippen LogP contribution is -2.48. The van der Waals surface area contributed by atoms with E-state index < -0.39 is 18.1 Å². The largest absolute Gasteiger partial charge is 0.507 e. The van der Waals surface area contributed by atoms with Gasteiger partial charge in [0.2, 0.25) is 17.7 Å². The van der Waals surface area contributed by atoms with E-state index in [4.69, 9.17) is 19.7 Å². The number of aryl methyl sites for hydroxylation is 1. The predicted molar refractivity (Wildman–Crippen MR) is 243 cm³/mol. The molecule has 5 N–H and O–H groups in total. The summed E-state index contributed by atoms with van der Waals surface area (Å²) in [7, 11) is 0. The number of phenols is 1. The Hall–Kier alpha value is -7.18. The number of β-amino-alcohol motifs (C(OH)–C–C–N with tert-alkyl or cyclic N) is 1. The lowest BCUT2D eigenvalue weighted by molar-refractivity contribution is -0.141. The number of nitrogens with zero attached hydrogens (tertiary/aromatic N) is 8. The number of aromatic nitrogens is 7. The summed E-state index contributed by atoms with van der Waals surface area (Å²) in [6, 6.07) is 20.5. The Balaban J connectivity index is 0.832. The number of pyridine rings is 1. The summed E-state index contributed by atoms with van der Waals surface area (Å²) in [5.74, 6) is -0.480. The molecule has 0 radical (unpaired) electrons. The summed E-state index contributed by atoms with van der Waals surface area (Å²) < 4.78 is 19.1. The molecule has 0 spiro atoms. The number of thiazole rings is 1. The standard InChI is InChI=1S/C47H50N10O7S/c1-26(2)43(47(61)56-24-34(58)18-38(56)46(60)52-27(3)30-10-12-31(13-11-30)44-28(4)50-25-65-44)40-20-42(55-64-40)63-17-16-62-41-15-14-32(21-49-41)29(5)57-23-33(22-51-57)36-19-37(53-54-45(36)48)35-8-6-7-9-39(35)59/h6-15,19-23,25-27,29,34,38,43,58-59H,16-18,24H2,1-5H3,(H2,48,54)(H,52,60)/t27-,29?,34+,38-,43+/m0/s1. The van der Waals surface area contributed by atoms with E-state index in [0.29, 0.717) is 28.5 Å². The van der Waals surface area contributed by atoms with Gasteiger partial charge in [0.05, 0.1) is 46.2 Å². The Morgan fingerprint density at radius 2 is 1.68 bits per heavy atom. The Labute approximate surface area is 379 Å². The van der Waals surface area contributed by atoms with E-state index in [2.05, 4.69) is 35.7 Å². The smallest absolute Gasteiger partial charge is 0.254 e. The number of hydrogen-bond acceptors (Lipinski definition) is 15. The number of hydrogen-bond donors (Lipinski definition) is 4. The maximum atomic E-state index is 14.1. The number of aromatic hydroxyl groups is 1. The third kappa shape index (κ3) is 9.83. The number of nitrogens with two attached hydrogens (primary N) is 1. The van der Waals surface area contributed by atoms with E-state index in [1.807, 2.05) is 82.7 Å². The van der Waals surface area contributed by atoms with Gasteiger partial charge in [-0.25, -0.2) is 9.97 Å². The molecule has 17 nitrogen and oxygen atoms in total. The third-order valence-electron chi connectivity index (χ3n) is 11.5. The number of aliphatic hydroxyl groups is 1. The Morgan fingerprint density at radius 1 is 0.923 bits per heavy atom. The zero-order valence-electron chi connectivity index (χ0n) is 36.5. The average molecular weight is 899 g/mol. The molecule has 65 heavy (non-hydrogen) atoms. The molecule has 0 saturated carbocycles. The van der Waals surface area contributed by atoms with Crippen LogP contribution in [0.15, 0.2) is 101 Å². The van der Waals surface area contributed by atoms with E-state index in [0.717, 1.165) is 32.8 Å². The quantitative estimate of drug-likeness (QED) is 0.0735. The molecule has 1 aliphatic rings. The second-order valence-electron chi connectivity index (χ2n) is 16.4. The van der Waals surface area contributed by atoms with Gasteiger partial charge in [-0.3, -0.25) is 14.3 Å². The predicted octanol–water partition coefficient (Wildman–Crippen LogP) is 6.76. The molecule has 1 fully saturated rings. The Kier molecular flexibility index (Phi) is 13.2. The minimum absolute atomic E-state index is 0.0216. The van der Waals surface area contributed by atoms with Crippen LogP contribution in [0.4, 0.5) is 5.82 Å². The maximum absolute atomic E-state index is 14.1. The number of carbonyl (C=O) groups excluding carboxylic acids is 2. The fourth-order valence-corrected chi connectivity index (χ4v) is 8.73. The number of nitrogens with one attached hydrogen (secondary N) is 1. The van der Waals surface area contributed by atoms with Gasteiger partial charge in [-0.15, -0.1) is 21.5 Å². The SMILES string of the molecule is Cc1ncsc1-c1ccc([C@H](C)NC(=O)[C@@H]2C[C@@H](O)CN2C(=O)[C@@H](c2cc(OCCOc3ccc(C(C)n4cc(-c5cc(-c6ccccc6O)nnc5N)cn4)cn3)no2)C(C)C)cc1. The van der Waals surface area contributed by atoms with Crippen LogP contribution >= 0.6 is 11.3 Å². The summed E-state index contributed by atoms with van der Waals surface area (Å²) in [5, 5.41) is 40.9. The lowest BCUT2D eigenvalue weighted by atomic mass is 9.91. The fraction of sp³-hybridized carbons (Fsp3) is 0.319. The first kappa shape index (κ1) is 44.4. The number of amides is 2. The highest BCUT2D eigenvalue weighted by Gasteiger charge is 2.43. The molecule has 5 aromatic heterocycles. The van der Waals surface area contributed by atoms with Crippen LogP contribution in [0.5, 0.6) is 17.5 Å². The molecular formula is C47H50N10O7S. The first-order chi connectivity index (χ1) is 31.3. The number of nitrogen functional groups attached to an aromatic ring is 1. The number of aliphatic hydroxyl groups excluding tert-OH is 1. The molecule has 7 aromatic rings. The monoisotopic (exact) mass is 898 g/mol. The first-order valence-electron chi connectivity index (χ1n) is 21.3. The minimum atomic E-state index is -0.859. The van der Waals surface area contributed by atoms with Crippen molar-refractivity contribution < 1.29 is 33.8 Å². The van der Waals surface area contributed by atoms with Crippen molar-refractivity contribution in [2.24, 2.45) is 5.92 Å². The summed E-state index contributed by atoms with van der Waals surface area (Å²) in [5.41, 5.74) is 14.3. The summed E-state index contributed by atoms with van der Waals surface area (Å²) in [4.78, 5) is 39.2. The van der Waals surface area contributed by atoms with E-state index >= 15 is 0 Å². The minimum Gasteiger partial charge on any atom is -0.507 e. The lowest BCUT2D eigenvalue weighted by Gasteiger charge is -2.29. The average Bonchev–Trinajstić information content (AvgIpc) is 4.14. The van der Waals surface area contributed by atoms with Crippen molar-refractivity contribution in [3.05, 3.63) is 119 Å². The Morgan fingerprint density at radius 3 is 2.38 bits per heavy atom. The van der Waals surface area contributed by atoms with E-state index in [1.165, 1.54) is 4.90 Å². The van der Waals surface area contributed by atoms with E-state index in [1.54, 1.807) is 64.8 Å². The molecule has 0 aliphatic carbocycles. The van der Waals surface area contributed by atoms with Gasteiger partial charge < -0.3 is 40.2 Å². The van der Waals surface area contributed by atoms with Crippen LogP contribution in [0.3, 0.4) is 0 Å². The molecular weight excluding hydrogens is 849 g/mol. The summed E-state index contributed by atoms with van der Waals surface area (Å²) in [6.07, 6.45) is 4.55. The highest BCUT2D eigenvalue weighted by Crippen LogP contribution is 2.35. The van der Waals surface area contributed by atoms with Gasteiger partial charge >= 0.3 is 0 Å². The van der Waals surface area contributed by atoms with Crippen LogP contribution in [0.25, 0.3) is 32.8 Å². The van der Waals surface area contributed by atoms with Crippen LogP contribution in [0, 0.1) is 12.8 Å². The number of rotatable bonds is 16. The molecule has 1 unspecified atom stereocenters. The van der Waals surface area contributed by atoms with Crippen molar-refractivity contribution in [3.8, 4) is 50.3 Å². The highest BCUT2D eigenvalue weighted by molar-refractivity contribution is 7.13. The molecule has 6 heterocycles. The maximum Gasteiger partial charge on any atom is 0.254 e. The second kappa shape index (κ2) is 19.3. The van der Waals surface area contributed by atoms with Crippen LogP contribution in [-0.2, 0) is 9.59 Å². The molecule has 336 valence electrons. The summed E-state index contributed by atoms with van der Waals surface area (Å²) >= 11 is 1.58. The molecule has 2 amide bonds. The van der Waals surface area contributed by atoms with Crippen LogP contribution in [0.1, 0.15) is 74.7 Å². The summed E-state index contributed by atoms with van der Waals surface area (Å²) in [6.45, 7) is 9.92. The van der Waals surface area contributed by atoms with Gasteiger partial charge in [-0.05, 0) is 72.8 Å². The second-order valence-corrected chi connectivity index (χ2v) is 17.2. The Bertz CT molecular complexity index is 2750. The molecule has 8 rings (SSSR count). The zero-order valence-corrected chi connectivity index (χ0v) is 37.3. The van der Waals surface area contributed by atoms with Gasteiger partial charge in [-0.1, -0.05) is 50.2 Å². The number of anilines is 1. The van der Waals surface area contributed by atoms with E-state index in [9.17, 15) is 19.8 Å². The number of likely N-dealkylation sites (tertiary alicyclic amines) is 1.